The van der Waals surface area contributed by atoms with Crippen molar-refractivity contribution in [2.24, 2.45) is 5.92 Å². The van der Waals surface area contributed by atoms with E-state index in [1.54, 1.807) is 0 Å². The highest BCUT2D eigenvalue weighted by atomic mass is 32.2. The standard InChI is InChI=1S/C16H23NO4S/c1-12(2)8-10-22(19,20)17-16(18)11-15-14-6-4-3-5-13(14)7-9-21-15/h3-6,12,15H,7-11H2,1-2H3,(H,17,18)/t15-/m0/s1. The summed E-state index contributed by atoms with van der Waals surface area (Å²) in [4.78, 5) is 12.0. The molecule has 5 nitrogen and oxygen atoms in total. The molecule has 0 aromatic heterocycles. The van der Waals surface area contributed by atoms with Crippen LogP contribution >= 0.6 is 0 Å². The van der Waals surface area contributed by atoms with Gasteiger partial charge < -0.3 is 4.74 Å². The van der Waals surface area contributed by atoms with Gasteiger partial charge in [-0.15, -0.1) is 0 Å². The van der Waals surface area contributed by atoms with Gasteiger partial charge in [-0.25, -0.2) is 8.42 Å². The largest absolute Gasteiger partial charge is 0.373 e. The van der Waals surface area contributed by atoms with Gasteiger partial charge >= 0.3 is 0 Å². The molecule has 1 aromatic rings. The fourth-order valence-corrected chi connectivity index (χ4v) is 3.79. The summed E-state index contributed by atoms with van der Waals surface area (Å²) in [6, 6.07) is 7.80. The normalized spacial score (nSPS) is 18.0. The second-order valence-electron chi connectivity index (χ2n) is 6.04. The molecule has 6 heteroatoms. The van der Waals surface area contributed by atoms with Crippen LogP contribution in [0.15, 0.2) is 24.3 Å². The molecule has 2 rings (SSSR count). The minimum absolute atomic E-state index is 0.0257. The Morgan fingerprint density at radius 3 is 2.82 bits per heavy atom. The summed E-state index contributed by atoms with van der Waals surface area (Å²) in [6.07, 6.45) is 1.01. The molecular weight excluding hydrogens is 302 g/mol. The first kappa shape index (κ1) is 17.0. The first-order valence-corrected chi connectivity index (χ1v) is 9.25. The van der Waals surface area contributed by atoms with E-state index in [0.29, 0.717) is 13.0 Å². The average Bonchev–Trinajstić information content (AvgIpc) is 2.45. The van der Waals surface area contributed by atoms with Gasteiger partial charge in [-0.3, -0.25) is 9.52 Å². The van der Waals surface area contributed by atoms with Gasteiger partial charge in [0.05, 0.1) is 24.9 Å². The van der Waals surface area contributed by atoms with Crippen molar-refractivity contribution >= 4 is 15.9 Å². The molecule has 0 aliphatic carbocycles. The van der Waals surface area contributed by atoms with Crippen molar-refractivity contribution in [1.82, 2.24) is 4.72 Å². The number of ether oxygens (including phenoxy) is 1. The van der Waals surface area contributed by atoms with Crippen molar-refractivity contribution in [3.05, 3.63) is 35.4 Å². The van der Waals surface area contributed by atoms with Crippen molar-refractivity contribution in [2.45, 2.75) is 39.2 Å². The molecule has 1 heterocycles. The van der Waals surface area contributed by atoms with Crippen LogP contribution in [-0.4, -0.2) is 26.7 Å². The predicted octanol–water partition coefficient (Wildman–Crippen LogP) is 2.18. The first-order chi connectivity index (χ1) is 10.4. The molecule has 0 saturated heterocycles. The molecule has 1 N–H and O–H groups in total. The van der Waals surface area contributed by atoms with Crippen LogP contribution < -0.4 is 4.72 Å². The molecule has 0 radical (unpaired) electrons. The number of amides is 1. The van der Waals surface area contributed by atoms with E-state index in [1.807, 2.05) is 38.1 Å². The molecular formula is C16H23NO4S. The lowest BCUT2D eigenvalue weighted by molar-refractivity contribution is -0.122. The molecule has 1 aliphatic heterocycles. The SMILES string of the molecule is CC(C)CCS(=O)(=O)NC(=O)C[C@@H]1OCCc2ccccc21. The smallest absolute Gasteiger partial charge is 0.236 e. The minimum atomic E-state index is -3.56. The lowest BCUT2D eigenvalue weighted by atomic mass is 9.96. The van der Waals surface area contributed by atoms with Crippen LogP contribution in [0.4, 0.5) is 0 Å². The van der Waals surface area contributed by atoms with Crippen molar-refractivity contribution in [1.29, 1.82) is 0 Å². The second kappa shape index (κ2) is 7.24. The molecule has 122 valence electrons. The zero-order valence-corrected chi connectivity index (χ0v) is 13.9. The van der Waals surface area contributed by atoms with Crippen LogP contribution in [0.3, 0.4) is 0 Å². The molecule has 1 aromatic carbocycles. The Labute approximate surface area is 132 Å². The van der Waals surface area contributed by atoms with Crippen LogP contribution in [0.5, 0.6) is 0 Å². The van der Waals surface area contributed by atoms with Gasteiger partial charge in [0, 0.05) is 0 Å². The summed E-state index contributed by atoms with van der Waals surface area (Å²) in [7, 11) is -3.56. The first-order valence-electron chi connectivity index (χ1n) is 7.60. The van der Waals surface area contributed by atoms with Crippen LogP contribution in [0, 0.1) is 5.92 Å². The zero-order chi connectivity index (χ0) is 16.2. The Hall–Kier alpha value is -1.40. The van der Waals surface area contributed by atoms with E-state index in [0.717, 1.165) is 17.5 Å². The van der Waals surface area contributed by atoms with Gasteiger partial charge in [0.1, 0.15) is 0 Å². The number of carbonyl (C=O) groups is 1. The van der Waals surface area contributed by atoms with E-state index in [4.69, 9.17) is 4.74 Å². The summed E-state index contributed by atoms with van der Waals surface area (Å²) in [6.45, 7) is 4.45. The lowest BCUT2D eigenvalue weighted by Gasteiger charge is -2.25. The average molecular weight is 325 g/mol. The van der Waals surface area contributed by atoms with Gasteiger partial charge in [0.15, 0.2) is 0 Å². The number of nitrogens with one attached hydrogen (secondary N) is 1. The quantitative estimate of drug-likeness (QED) is 0.870. The predicted molar refractivity (Wildman–Crippen MR) is 84.8 cm³/mol. The Kier molecular flexibility index (Phi) is 5.58. The molecule has 0 fully saturated rings. The molecule has 22 heavy (non-hydrogen) atoms. The van der Waals surface area contributed by atoms with Gasteiger partial charge in [0.2, 0.25) is 15.9 Å². The molecule has 1 atom stereocenters. The van der Waals surface area contributed by atoms with Gasteiger partial charge in [-0.05, 0) is 29.9 Å². The summed E-state index contributed by atoms with van der Waals surface area (Å²) in [5, 5.41) is 0. The van der Waals surface area contributed by atoms with Crippen molar-refractivity contribution < 1.29 is 17.9 Å². The number of hydrogen-bond donors (Lipinski definition) is 1. The summed E-state index contributed by atoms with van der Waals surface area (Å²) in [5.41, 5.74) is 2.14. The van der Waals surface area contributed by atoms with Gasteiger partial charge in [-0.1, -0.05) is 38.1 Å². The maximum Gasteiger partial charge on any atom is 0.236 e. The third-order valence-corrected chi connectivity index (χ3v) is 5.01. The van der Waals surface area contributed by atoms with Gasteiger partial charge in [0.25, 0.3) is 0 Å². The lowest BCUT2D eigenvalue weighted by Crippen LogP contribution is -2.34. The van der Waals surface area contributed by atoms with Crippen LogP contribution in [0.1, 0.15) is 43.9 Å². The molecule has 0 spiro atoms. The van der Waals surface area contributed by atoms with E-state index in [9.17, 15) is 13.2 Å². The summed E-state index contributed by atoms with van der Waals surface area (Å²) < 4.78 is 31.5. The number of rotatable bonds is 6. The number of sulfonamides is 1. The third kappa shape index (κ3) is 4.81. The number of benzene rings is 1. The molecule has 0 bridgehead atoms. The highest BCUT2D eigenvalue weighted by Gasteiger charge is 2.25. The van der Waals surface area contributed by atoms with E-state index in [-0.39, 0.29) is 24.2 Å². The van der Waals surface area contributed by atoms with Crippen molar-refractivity contribution in [3.8, 4) is 0 Å². The number of fused-ring (bicyclic) bond motifs is 1. The molecule has 1 aliphatic rings. The molecule has 0 saturated carbocycles. The third-order valence-electron chi connectivity index (χ3n) is 3.70. The molecule has 0 unspecified atom stereocenters. The fourth-order valence-electron chi connectivity index (χ4n) is 2.47. The summed E-state index contributed by atoms with van der Waals surface area (Å²) in [5.74, 6) is -0.260. The highest BCUT2D eigenvalue weighted by Crippen LogP contribution is 2.29. The zero-order valence-electron chi connectivity index (χ0n) is 13.0. The van der Waals surface area contributed by atoms with Crippen molar-refractivity contribution in [3.63, 3.8) is 0 Å². The van der Waals surface area contributed by atoms with E-state index < -0.39 is 15.9 Å². The maximum atomic E-state index is 12.0. The Morgan fingerprint density at radius 2 is 2.09 bits per heavy atom. The van der Waals surface area contributed by atoms with E-state index in [2.05, 4.69) is 4.72 Å². The summed E-state index contributed by atoms with van der Waals surface area (Å²) >= 11 is 0. The van der Waals surface area contributed by atoms with E-state index in [1.165, 1.54) is 0 Å². The number of hydrogen-bond acceptors (Lipinski definition) is 4. The fraction of sp³-hybridized carbons (Fsp3) is 0.562. The van der Waals surface area contributed by atoms with Crippen LogP contribution in [0.2, 0.25) is 0 Å². The van der Waals surface area contributed by atoms with Crippen LogP contribution in [-0.2, 0) is 26.0 Å². The Morgan fingerprint density at radius 1 is 1.36 bits per heavy atom. The van der Waals surface area contributed by atoms with Crippen molar-refractivity contribution in [2.75, 3.05) is 12.4 Å². The Bertz CT molecular complexity index is 625. The topological polar surface area (TPSA) is 72.5 Å². The van der Waals surface area contributed by atoms with Gasteiger partial charge in [-0.2, -0.15) is 0 Å². The second-order valence-corrected chi connectivity index (χ2v) is 7.88. The van der Waals surface area contributed by atoms with Crippen LogP contribution in [0.25, 0.3) is 0 Å². The monoisotopic (exact) mass is 325 g/mol. The number of carbonyl (C=O) groups excluding carboxylic acids is 1. The van der Waals surface area contributed by atoms with E-state index >= 15 is 0 Å². The highest BCUT2D eigenvalue weighted by molar-refractivity contribution is 7.90. The minimum Gasteiger partial charge on any atom is -0.373 e. The molecule has 1 amide bonds. The maximum absolute atomic E-state index is 12.0. The Balaban J connectivity index is 1.96.